The fraction of sp³-hybridized carbons (Fsp3) is 0.0909. The smallest absolute Gasteiger partial charge is 0.0697 e. The first kappa shape index (κ1) is 9.08. The summed E-state index contributed by atoms with van der Waals surface area (Å²) in [6.45, 7) is 3.59. The van der Waals surface area contributed by atoms with Gasteiger partial charge in [-0.2, -0.15) is 0 Å². The SMILES string of the molecule is C=CC(Cl)C=Cc1ccccc1. The average molecular weight is 179 g/mol. The van der Waals surface area contributed by atoms with Gasteiger partial charge in [0.1, 0.15) is 0 Å². The van der Waals surface area contributed by atoms with Crippen LogP contribution >= 0.6 is 11.6 Å². The molecule has 0 aliphatic rings. The molecule has 0 nitrogen and oxygen atoms in total. The molecule has 0 aromatic heterocycles. The minimum Gasteiger partial charge on any atom is -0.114 e. The lowest BCUT2D eigenvalue weighted by molar-refractivity contribution is 1.42. The van der Waals surface area contributed by atoms with Crippen LogP contribution in [0.25, 0.3) is 6.08 Å². The molecular weight excluding hydrogens is 168 g/mol. The van der Waals surface area contributed by atoms with Crippen molar-refractivity contribution in [1.82, 2.24) is 0 Å². The fourth-order valence-electron chi connectivity index (χ4n) is 0.846. The van der Waals surface area contributed by atoms with Crippen LogP contribution in [0.15, 0.2) is 49.1 Å². The van der Waals surface area contributed by atoms with E-state index < -0.39 is 0 Å². The molecule has 0 N–H and O–H groups in total. The number of allylic oxidation sites excluding steroid dienone is 2. The van der Waals surface area contributed by atoms with Gasteiger partial charge >= 0.3 is 0 Å². The van der Waals surface area contributed by atoms with Gasteiger partial charge in [-0.05, 0) is 5.56 Å². The van der Waals surface area contributed by atoms with Crippen molar-refractivity contribution in [3.8, 4) is 0 Å². The number of halogens is 1. The number of rotatable bonds is 3. The second-order valence-electron chi connectivity index (χ2n) is 2.45. The molecule has 0 saturated carbocycles. The molecule has 1 aromatic rings. The van der Waals surface area contributed by atoms with Gasteiger partial charge in [-0.1, -0.05) is 48.6 Å². The number of alkyl halides is 1. The predicted octanol–water partition coefficient (Wildman–Crippen LogP) is 3.49. The molecule has 12 heavy (non-hydrogen) atoms. The first-order chi connectivity index (χ1) is 5.83. The van der Waals surface area contributed by atoms with Gasteiger partial charge in [0.15, 0.2) is 0 Å². The van der Waals surface area contributed by atoms with E-state index in [9.17, 15) is 0 Å². The maximum absolute atomic E-state index is 5.81. The molecule has 0 heterocycles. The molecule has 0 amide bonds. The summed E-state index contributed by atoms with van der Waals surface area (Å²) in [5, 5.41) is -0.0785. The van der Waals surface area contributed by atoms with E-state index in [2.05, 4.69) is 6.58 Å². The fourth-order valence-corrected chi connectivity index (χ4v) is 0.918. The highest BCUT2D eigenvalue weighted by molar-refractivity contribution is 6.23. The molecule has 1 atom stereocenters. The van der Waals surface area contributed by atoms with Gasteiger partial charge in [-0.3, -0.25) is 0 Å². The monoisotopic (exact) mass is 178 g/mol. The molecule has 0 fully saturated rings. The van der Waals surface area contributed by atoms with Crippen molar-refractivity contribution in [2.45, 2.75) is 5.38 Å². The van der Waals surface area contributed by atoms with Gasteiger partial charge in [0.2, 0.25) is 0 Å². The van der Waals surface area contributed by atoms with Crippen LogP contribution in [0.2, 0.25) is 0 Å². The van der Waals surface area contributed by atoms with E-state index in [4.69, 9.17) is 11.6 Å². The Morgan fingerprint density at radius 3 is 2.50 bits per heavy atom. The Hall–Kier alpha value is -1.01. The van der Waals surface area contributed by atoms with Gasteiger partial charge < -0.3 is 0 Å². The highest BCUT2D eigenvalue weighted by Crippen LogP contribution is 2.05. The first-order valence-corrected chi connectivity index (χ1v) is 4.26. The van der Waals surface area contributed by atoms with Gasteiger partial charge in [0.05, 0.1) is 5.38 Å². The zero-order valence-corrected chi connectivity index (χ0v) is 7.54. The normalized spacial score (nSPS) is 13.1. The molecular formula is C11H11Cl. The van der Waals surface area contributed by atoms with E-state index in [0.717, 1.165) is 5.56 Å². The van der Waals surface area contributed by atoms with Crippen LogP contribution < -0.4 is 0 Å². The van der Waals surface area contributed by atoms with Gasteiger partial charge in [0, 0.05) is 0 Å². The number of benzene rings is 1. The highest BCUT2D eigenvalue weighted by Gasteiger charge is 1.89. The lowest BCUT2D eigenvalue weighted by Crippen LogP contribution is -1.83. The highest BCUT2D eigenvalue weighted by atomic mass is 35.5. The van der Waals surface area contributed by atoms with Gasteiger partial charge in [0.25, 0.3) is 0 Å². The average Bonchev–Trinajstić information content (AvgIpc) is 2.16. The summed E-state index contributed by atoms with van der Waals surface area (Å²) in [6.07, 6.45) is 5.59. The third-order valence-corrected chi connectivity index (χ3v) is 1.82. The Kier molecular flexibility index (Phi) is 3.62. The van der Waals surface area contributed by atoms with E-state index >= 15 is 0 Å². The summed E-state index contributed by atoms with van der Waals surface area (Å²) in [6, 6.07) is 10.0. The van der Waals surface area contributed by atoms with Crippen molar-refractivity contribution < 1.29 is 0 Å². The van der Waals surface area contributed by atoms with Crippen LogP contribution in [-0.4, -0.2) is 5.38 Å². The molecule has 1 rings (SSSR count). The van der Waals surface area contributed by atoms with Crippen LogP contribution in [0, 0.1) is 0 Å². The molecule has 1 unspecified atom stereocenters. The van der Waals surface area contributed by atoms with E-state index in [-0.39, 0.29) is 5.38 Å². The van der Waals surface area contributed by atoms with Crippen LogP contribution in [0.1, 0.15) is 5.56 Å². The van der Waals surface area contributed by atoms with Crippen LogP contribution in [0.3, 0.4) is 0 Å². The van der Waals surface area contributed by atoms with Crippen LogP contribution in [0.4, 0.5) is 0 Å². The second-order valence-corrected chi connectivity index (χ2v) is 2.95. The van der Waals surface area contributed by atoms with E-state index in [1.54, 1.807) is 6.08 Å². The lowest BCUT2D eigenvalue weighted by atomic mass is 10.2. The largest absolute Gasteiger partial charge is 0.114 e. The molecule has 0 radical (unpaired) electrons. The Morgan fingerprint density at radius 1 is 1.25 bits per heavy atom. The second kappa shape index (κ2) is 4.78. The maximum Gasteiger partial charge on any atom is 0.0697 e. The zero-order valence-electron chi connectivity index (χ0n) is 6.78. The molecule has 62 valence electrons. The van der Waals surface area contributed by atoms with Gasteiger partial charge in [-0.25, -0.2) is 0 Å². The van der Waals surface area contributed by atoms with Crippen molar-refractivity contribution in [2.24, 2.45) is 0 Å². The van der Waals surface area contributed by atoms with Crippen LogP contribution in [-0.2, 0) is 0 Å². The molecule has 1 heteroatoms. The summed E-state index contributed by atoms with van der Waals surface area (Å²) in [4.78, 5) is 0. The standard InChI is InChI=1S/C11H11Cl/c1-2-11(12)9-8-10-6-4-3-5-7-10/h2-9,11H,1H2. The Labute approximate surface area is 78.2 Å². The van der Waals surface area contributed by atoms with E-state index in [1.807, 2.05) is 42.5 Å². The number of hydrogen-bond donors (Lipinski definition) is 0. The van der Waals surface area contributed by atoms with E-state index in [0.29, 0.717) is 0 Å². The maximum atomic E-state index is 5.81. The predicted molar refractivity (Wildman–Crippen MR) is 55.3 cm³/mol. The quantitative estimate of drug-likeness (QED) is 0.491. The molecule has 0 saturated heterocycles. The third kappa shape index (κ3) is 2.93. The molecule has 0 aliphatic heterocycles. The first-order valence-electron chi connectivity index (χ1n) is 3.83. The van der Waals surface area contributed by atoms with Crippen molar-refractivity contribution in [2.75, 3.05) is 0 Å². The van der Waals surface area contributed by atoms with Gasteiger partial charge in [-0.15, -0.1) is 18.2 Å². The van der Waals surface area contributed by atoms with Crippen molar-refractivity contribution >= 4 is 17.7 Å². The lowest BCUT2D eigenvalue weighted by Gasteiger charge is -1.93. The topological polar surface area (TPSA) is 0 Å². The summed E-state index contributed by atoms with van der Waals surface area (Å²) in [5.74, 6) is 0. The van der Waals surface area contributed by atoms with E-state index in [1.165, 1.54) is 0 Å². The molecule has 0 spiro atoms. The zero-order chi connectivity index (χ0) is 8.81. The Morgan fingerprint density at radius 2 is 1.92 bits per heavy atom. The molecule has 1 aromatic carbocycles. The molecule has 0 bridgehead atoms. The summed E-state index contributed by atoms with van der Waals surface area (Å²) < 4.78 is 0. The van der Waals surface area contributed by atoms with Crippen molar-refractivity contribution in [3.63, 3.8) is 0 Å². The summed E-state index contributed by atoms with van der Waals surface area (Å²) in [5.41, 5.74) is 1.16. The Balaban J connectivity index is 2.63. The minimum atomic E-state index is -0.0785. The van der Waals surface area contributed by atoms with Crippen molar-refractivity contribution in [1.29, 1.82) is 0 Å². The van der Waals surface area contributed by atoms with Crippen LogP contribution in [0.5, 0.6) is 0 Å². The van der Waals surface area contributed by atoms with Crippen molar-refractivity contribution in [3.05, 3.63) is 54.6 Å². The third-order valence-electron chi connectivity index (χ3n) is 1.50. The summed E-state index contributed by atoms with van der Waals surface area (Å²) in [7, 11) is 0. The number of hydrogen-bond acceptors (Lipinski definition) is 0. The minimum absolute atomic E-state index is 0.0785. The molecule has 0 aliphatic carbocycles. The Bertz CT molecular complexity index is 262. The summed E-state index contributed by atoms with van der Waals surface area (Å²) >= 11 is 5.81.